The molecule has 1 heterocycles. The highest BCUT2D eigenvalue weighted by Crippen LogP contribution is 2.16. The molecular formula is C22H30N2. The van der Waals surface area contributed by atoms with E-state index in [1.165, 1.54) is 38.5 Å². The topological polar surface area (TPSA) is 25.8 Å². The summed E-state index contributed by atoms with van der Waals surface area (Å²) in [6, 6.07) is 8.11. The molecule has 0 fully saturated rings. The zero-order chi connectivity index (χ0) is 17.0. The van der Waals surface area contributed by atoms with Crippen LogP contribution >= 0.6 is 0 Å². The van der Waals surface area contributed by atoms with Crippen LogP contribution in [0.5, 0.6) is 0 Å². The van der Waals surface area contributed by atoms with E-state index < -0.39 is 0 Å². The summed E-state index contributed by atoms with van der Waals surface area (Å²) in [5, 5.41) is 0. The molecule has 0 aliphatic heterocycles. The summed E-state index contributed by atoms with van der Waals surface area (Å²) in [5.41, 5.74) is 3.90. The molecule has 2 rings (SSSR count). The van der Waals surface area contributed by atoms with Crippen LogP contribution in [0.2, 0.25) is 0 Å². The minimum Gasteiger partial charge on any atom is -0.245 e. The molecule has 0 spiro atoms. The molecule has 0 saturated carbocycles. The zero-order valence-corrected chi connectivity index (χ0v) is 15.2. The van der Waals surface area contributed by atoms with E-state index in [9.17, 15) is 0 Å². The Labute approximate surface area is 146 Å². The fourth-order valence-corrected chi connectivity index (χ4v) is 2.69. The van der Waals surface area contributed by atoms with Crippen LogP contribution < -0.4 is 0 Å². The predicted molar refractivity (Wildman–Crippen MR) is 106 cm³/mol. The largest absolute Gasteiger partial charge is 0.245 e. The van der Waals surface area contributed by atoms with Gasteiger partial charge in [0.2, 0.25) is 0 Å². The minimum absolute atomic E-state index is 0.967. The van der Waals surface area contributed by atoms with Gasteiger partial charge in [0.05, 0.1) is 22.4 Å². The molecule has 0 radical (unpaired) electrons. The molecule has 0 amide bonds. The standard InChI is InChI=1S/C22H30N2/c1-3-5-7-9-11-15-19-20(16-12-10-8-6-4-2)24-22-18-14-13-17-21(22)23-19/h11-18H,3-10H2,1-2H3. The van der Waals surface area contributed by atoms with E-state index in [2.05, 4.69) is 38.2 Å². The van der Waals surface area contributed by atoms with Crippen molar-refractivity contribution in [3.8, 4) is 0 Å². The summed E-state index contributed by atoms with van der Waals surface area (Å²) in [6.07, 6.45) is 18.6. The molecule has 128 valence electrons. The molecule has 2 heteroatoms. The Hall–Kier alpha value is -1.96. The maximum Gasteiger partial charge on any atom is 0.0894 e. The van der Waals surface area contributed by atoms with Gasteiger partial charge in [0.1, 0.15) is 0 Å². The predicted octanol–water partition coefficient (Wildman–Crippen LogP) is 6.82. The van der Waals surface area contributed by atoms with Crippen molar-refractivity contribution in [3.05, 3.63) is 47.8 Å². The van der Waals surface area contributed by atoms with E-state index >= 15 is 0 Å². The summed E-state index contributed by atoms with van der Waals surface area (Å²) in [7, 11) is 0. The highest BCUT2D eigenvalue weighted by atomic mass is 14.8. The van der Waals surface area contributed by atoms with E-state index in [4.69, 9.17) is 9.97 Å². The molecule has 1 aromatic heterocycles. The first-order valence-electron chi connectivity index (χ1n) is 9.45. The van der Waals surface area contributed by atoms with E-state index in [-0.39, 0.29) is 0 Å². The SMILES string of the molecule is CCCCCC=Cc1nc2ccccc2nc1C=CCCCCC. The van der Waals surface area contributed by atoms with Gasteiger partial charge in [-0.3, -0.25) is 0 Å². The fourth-order valence-electron chi connectivity index (χ4n) is 2.69. The second-order valence-electron chi connectivity index (χ2n) is 6.28. The summed E-state index contributed by atoms with van der Waals surface area (Å²) in [6.45, 7) is 4.47. The lowest BCUT2D eigenvalue weighted by Gasteiger charge is -2.04. The molecule has 0 atom stereocenters. The van der Waals surface area contributed by atoms with Crippen LogP contribution in [0.1, 0.15) is 76.6 Å². The van der Waals surface area contributed by atoms with Gasteiger partial charge in [0, 0.05) is 0 Å². The quantitative estimate of drug-likeness (QED) is 0.449. The number of rotatable bonds is 10. The van der Waals surface area contributed by atoms with Gasteiger partial charge >= 0.3 is 0 Å². The molecular weight excluding hydrogens is 292 g/mol. The van der Waals surface area contributed by atoms with E-state index in [1.54, 1.807) is 0 Å². The number of aromatic nitrogens is 2. The summed E-state index contributed by atoms with van der Waals surface area (Å²) < 4.78 is 0. The number of hydrogen-bond acceptors (Lipinski definition) is 2. The normalized spacial score (nSPS) is 11.9. The van der Waals surface area contributed by atoms with Crippen molar-refractivity contribution < 1.29 is 0 Å². The summed E-state index contributed by atoms with van der Waals surface area (Å²) >= 11 is 0. The number of nitrogens with zero attached hydrogens (tertiary/aromatic N) is 2. The Morgan fingerprint density at radius 3 is 1.58 bits per heavy atom. The van der Waals surface area contributed by atoms with Gasteiger partial charge in [-0.25, -0.2) is 9.97 Å². The maximum absolute atomic E-state index is 4.81. The van der Waals surface area contributed by atoms with E-state index in [0.717, 1.165) is 35.3 Å². The van der Waals surface area contributed by atoms with Crippen LogP contribution in [-0.2, 0) is 0 Å². The highest BCUT2D eigenvalue weighted by molar-refractivity contribution is 5.77. The number of allylic oxidation sites excluding steroid dienone is 2. The van der Waals surface area contributed by atoms with Crippen LogP contribution in [0.15, 0.2) is 36.4 Å². The van der Waals surface area contributed by atoms with Crippen molar-refractivity contribution in [1.29, 1.82) is 0 Å². The molecule has 0 N–H and O–H groups in total. The van der Waals surface area contributed by atoms with Gasteiger partial charge in [0.25, 0.3) is 0 Å². The number of fused-ring (bicyclic) bond motifs is 1. The molecule has 0 aliphatic rings. The van der Waals surface area contributed by atoms with Crippen molar-refractivity contribution in [2.75, 3.05) is 0 Å². The van der Waals surface area contributed by atoms with Crippen molar-refractivity contribution in [2.45, 2.75) is 65.2 Å². The first-order valence-corrected chi connectivity index (χ1v) is 9.45. The highest BCUT2D eigenvalue weighted by Gasteiger charge is 2.03. The van der Waals surface area contributed by atoms with Gasteiger partial charge in [0.15, 0.2) is 0 Å². The summed E-state index contributed by atoms with van der Waals surface area (Å²) in [5.74, 6) is 0. The number of unbranched alkanes of at least 4 members (excludes halogenated alkanes) is 6. The Bertz CT molecular complexity index is 612. The molecule has 1 aromatic carbocycles. The fraction of sp³-hybridized carbons (Fsp3) is 0.455. The van der Waals surface area contributed by atoms with Crippen LogP contribution in [-0.4, -0.2) is 9.97 Å². The van der Waals surface area contributed by atoms with Crippen LogP contribution in [0, 0.1) is 0 Å². The van der Waals surface area contributed by atoms with Crippen LogP contribution in [0.25, 0.3) is 23.2 Å². The Balaban J connectivity index is 2.16. The van der Waals surface area contributed by atoms with Crippen LogP contribution in [0.3, 0.4) is 0 Å². The average molecular weight is 322 g/mol. The van der Waals surface area contributed by atoms with Crippen molar-refractivity contribution >= 4 is 23.2 Å². The van der Waals surface area contributed by atoms with E-state index in [1.807, 2.05) is 24.3 Å². The first-order chi connectivity index (χ1) is 11.8. The molecule has 24 heavy (non-hydrogen) atoms. The first kappa shape index (κ1) is 18.4. The van der Waals surface area contributed by atoms with Crippen molar-refractivity contribution in [3.63, 3.8) is 0 Å². The van der Waals surface area contributed by atoms with Crippen molar-refractivity contribution in [1.82, 2.24) is 9.97 Å². The smallest absolute Gasteiger partial charge is 0.0894 e. The summed E-state index contributed by atoms with van der Waals surface area (Å²) in [4.78, 5) is 9.61. The van der Waals surface area contributed by atoms with E-state index in [0.29, 0.717) is 0 Å². The van der Waals surface area contributed by atoms with Gasteiger partial charge in [-0.1, -0.05) is 63.8 Å². The molecule has 2 aromatic rings. The lowest BCUT2D eigenvalue weighted by molar-refractivity contribution is 0.730. The monoisotopic (exact) mass is 322 g/mol. The number of hydrogen-bond donors (Lipinski definition) is 0. The number of benzene rings is 1. The Morgan fingerprint density at radius 2 is 1.17 bits per heavy atom. The lowest BCUT2D eigenvalue weighted by Crippen LogP contribution is -1.93. The molecule has 0 saturated heterocycles. The third-order valence-corrected chi connectivity index (χ3v) is 4.13. The minimum atomic E-state index is 0.967. The van der Waals surface area contributed by atoms with Crippen molar-refractivity contribution in [2.24, 2.45) is 0 Å². The second kappa shape index (κ2) is 10.7. The molecule has 0 unspecified atom stereocenters. The van der Waals surface area contributed by atoms with Crippen LogP contribution in [0.4, 0.5) is 0 Å². The lowest BCUT2D eigenvalue weighted by atomic mass is 10.1. The zero-order valence-electron chi connectivity index (χ0n) is 15.2. The Morgan fingerprint density at radius 1 is 0.708 bits per heavy atom. The third kappa shape index (κ3) is 5.92. The molecule has 2 nitrogen and oxygen atoms in total. The van der Waals surface area contributed by atoms with Gasteiger partial charge < -0.3 is 0 Å². The molecule has 0 bridgehead atoms. The molecule has 0 aliphatic carbocycles. The maximum atomic E-state index is 4.81. The average Bonchev–Trinajstić information content (AvgIpc) is 2.61. The Kier molecular flexibility index (Phi) is 8.23. The second-order valence-corrected chi connectivity index (χ2v) is 6.28. The van der Waals surface area contributed by atoms with Gasteiger partial charge in [-0.05, 0) is 50.0 Å². The van der Waals surface area contributed by atoms with Gasteiger partial charge in [-0.2, -0.15) is 0 Å². The number of para-hydroxylation sites is 2. The third-order valence-electron chi connectivity index (χ3n) is 4.13. The van der Waals surface area contributed by atoms with Gasteiger partial charge in [-0.15, -0.1) is 0 Å².